The van der Waals surface area contributed by atoms with E-state index in [-0.39, 0.29) is 0 Å². The molecule has 4 heteroatoms. The van der Waals surface area contributed by atoms with E-state index in [2.05, 4.69) is 0 Å². The lowest BCUT2D eigenvalue weighted by Crippen LogP contribution is -2.18. The van der Waals surface area contributed by atoms with Crippen molar-refractivity contribution in [3.8, 4) is 11.5 Å². The van der Waals surface area contributed by atoms with Crippen molar-refractivity contribution in [3.05, 3.63) is 17.7 Å². The lowest BCUT2D eigenvalue weighted by molar-refractivity contribution is 0.198. The second-order valence-corrected chi connectivity index (χ2v) is 3.30. The summed E-state index contributed by atoms with van der Waals surface area (Å²) in [5.41, 5.74) is 1.69. The molecule has 1 aromatic rings. The minimum atomic E-state index is -0.529. The molecule has 0 spiro atoms. The molecule has 1 N–H and O–H groups in total. The molecule has 0 bridgehead atoms. The lowest BCUT2D eigenvalue weighted by Gasteiger charge is -2.15. The first-order valence-electron chi connectivity index (χ1n) is 4.87. The first kappa shape index (κ1) is 11.9. The van der Waals surface area contributed by atoms with Crippen molar-refractivity contribution in [2.75, 3.05) is 14.2 Å². The van der Waals surface area contributed by atoms with Gasteiger partial charge in [0, 0.05) is 0 Å². The lowest BCUT2D eigenvalue weighted by atomic mass is 9.71. The number of rotatable bonds is 4. The topological polar surface area (TPSA) is 38.7 Å². The van der Waals surface area contributed by atoms with Crippen LogP contribution < -0.4 is 14.9 Å². The van der Waals surface area contributed by atoms with Gasteiger partial charge in [-0.3, -0.25) is 0 Å². The van der Waals surface area contributed by atoms with E-state index in [9.17, 15) is 5.11 Å². The molecule has 0 fully saturated rings. The number of methoxy groups -OCH3 is 2. The molecule has 0 aliphatic heterocycles. The first-order chi connectivity index (χ1) is 7.13. The second kappa shape index (κ2) is 5.07. The number of aliphatic hydroxyl groups excluding tert-OH is 1. The summed E-state index contributed by atoms with van der Waals surface area (Å²) in [7, 11) is 5.13. The summed E-state index contributed by atoms with van der Waals surface area (Å²) in [4.78, 5) is 0. The van der Waals surface area contributed by atoms with E-state index in [1.165, 1.54) is 0 Å². The molecule has 1 aromatic carbocycles. The van der Waals surface area contributed by atoms with Crippen molar-refractivity contribution in [1.82, 2.24) is 0 Å². The third-order valence-electron chi connectivity index (χ3n) is 2.34. The molecule has 0 amide bonds. The largest absolute Gasteiger partial charge is 0.497 e. The Bertz CT molecular complexity index is 312. The van der Waals surface area contributed by atoms with Crippen LogP contribution in [0, 0.1) is 0 Å². The summed E-state index contributed by atoms with van der Waals surface area (Å²) in [6.07, 6.45) is -0.529. The van der Waals surface area contributed by atoms with E-state index in [1.807, 2.05) is 26.2 Å². The molecule has 0 saturated carbocycles. The first-order valence-corrected chi connectivity index (χ1v) is 4.87. The van der Waals surface area contributed by atoms with Crippen LogP contribution in [0.4, 0.5) is 0 Å². The highest BCUT2D eigenvalue weighted by atomic mass is 16.5. The molecule has 0 heterocycles. The standard InChI is InChI=1S/C11H16BO3/c1-7(13)8-5-9(14-3)11(12-2)10(6-8)15-4/h5-7,13H,1-4H3. The molecular weight excluding hydrogens is 191 g/mol. The van der Waals surface area contributed by atoms with Crippen molar-refractivity contribution in [2.45, 2.75) is 19.9 Å². The number of aliphatic hydroxyl groups is 1. The minimum absolute atomic E-state index is 0.529. The fourth-order valence-corrected chi connectivity index (χ4v) is 1.48. The van der Waals surface area contributed by atoms with Gasteiger partial charge < -0.3 is 14.6 Å². The molecular formula is C11H16BO3. The molecule has 0 aliphatic carbocycles. The maximum Gasteiger partial charge on any atom is 0.158 e. The van der Waals surface area contributed by atoms with Crippen LogP contribution in [0.15, 0.2) is 12.1 Å². The molecule has 1 radical (unpaired) electrons. The fraction of sp³-hybridized carbons (Fsp3) is 0.455. The smallest absolute Gasteiger partial charge is 0.158 e. The highest BCUT2D eigenvalue weighted by Crippen LogP contribution is 2.23. The third kappa shape index (κ3) is 2.45. The molecule has 81 valence electrons. The Labute approximate surface area is 91.3 Å². The average molecular weight is 207 g/mol. The van der Waals surface area contributed by atoms with Crippen LogP contribution in [-0.2, 0) is 0 Å². The number of hydrogen-bond donors (Lipinski definition) is 1. The van der Waals surface area contributed by atoms with Crippen molar-refractivity contribution < 1.29 is 14.6 Å². The van der Waals surface area contributed by atoms with E-state index in [1.54, 1.807) is 21.1 Å². The minimum Gasteiger partial charge on any atom is -0.497 e. The summed E-state index contributed by atoms with van der Waals surface area (Å²) >= 11 is 0. The molecule has 0 saturated heterocycles. The Morgan fingerprint density at radius 1 is 1.20 bits per heavy atom. The predicted molar refractivity (Wildman–Crippen MR) is 61.4 cm³/mol. The van der Waals surface area contributed by atoms with Crippen molar-refractivity contribution in [2.24, 2.45) is 0 Å². The zero-order valence-electron chi connectivity index (χ0n) is 9.57. The molecule has 1 atom stereocenters. The highest BCUT2D eigenvalue weighted by Gasteiger charge is 2.12. The van der Waals surface area contributed by atoms with Crippen LogP contribution >= 0.6 is 0 Å². The molecule has 0 aliphatic rings. The quantitative estimate of drug-likeness (QED) is 0.752. The molecule has 0 aromatic heterocycles. The third-order valence-corrected chi connectivity index (χ3v) is 2.34. The Hall–Kier alpha value is -1.16. The summed E-state index contributed by atoms with van der Waals surface area (Å²) in [6.45, 7) is 3.63. The maximum absolute atomic E-state index is 9.51. The molecule has 15 heavy (non-hydrogen) atoms. The van der Waals surface area contributed by atoms with Gasteiger partial charge in [-0.15, -0.1) is 0 Å². The van der Waals surface area contributed by atoms with Gasteiger partial charge in [-0.05, 0) is 30.1 Å². The normalized spacial score (nSPS) is 12.1. The Balaban J connectivity index is 3.29. The Morgan fingerprint density at radius 3 is 1.93 bits per heavy atom. The summed E-state index contributed by atoms with van der Waals surface area (Å²) in [5.74, 6) is 1.43. The van der Waals surface area contributed by atoms with E-state index in [0.29, 0.717) is 11.5 Å². The van der Waals surface area contributed by atoms with Gasteiger partial charge in [-0.2, -0.15) is 0 Å². The van der Waals surface area contributed by atoms with E-state index >= 15 is 0 Å². The maximum atomic E-state index is 9.51. The van der Waals surface area contributed by atoms with E-state index in [4.69, 9.17) is 9.47 Å². The number of ether oxygens (including phenoxy) is 2. The van der Waals surface area contributed by atoms with Crippen LogP contribution in [-0.4, -0.2) is 26.6 Å². The molecule has 1 unspecified atom stereocenters. The van der Waals surface area contributed by atoms with Crippen LogP contribution in [0.5, 0.6) is 11.5 Å². The Morgan fingerprint density at radius 2 is 1.67 bits per heavy atom. The van der Waals surface area contributed by atoms with Gasteiger partial charge in [0.15, 0.2) is 7.28 Å². The predicted octanol–water partition coefficient (Wildman–Crippen LogP) is 1.13. The zero-order valence-corrected chi connectivity index (χ0v) is 9.57. The van der Waals surface area contributed by atoms with Gasteiger partial charge >= 0.3 is 0 Å². The van der Waals surface area contributed by atoms with Gasteiger partial charge in [-0.1, -0.05) is 6.82 Å². The van der Waals surface area contributed by atoms with Crippen LogP contribution in [0.25, 0.3) is 0 Å². The fourth-order valence-electron chi connectivity index (χ4n) is 1.48. The van der Waals surface area contributed by atoms with E-state index in [0.717, 1.165) is 11.0 Å². The van der Waals surface area contributed by atoms with Gasteiger partial charge in [0.1, 0.15) is 11.5 Å². The summed E-state index contributed by atoms with van der Waals surface area (Å²) < 4.78 is 10.5. The van der Waals surface area contributed by atoms with Crippen LogP contribution in [0.3, 0.4) is 0 Å². The number of hydrogen-bond acceptors (Lipinski definition) is 3. The monoisotopic (exact) mass is 207 g/mol. The Kier molecular flexibility index (Phi) is 4.03. The van der Waals surface area contributed by atoms with Gasteiger partial charge in [-0.25, -0.2) is 0 Å². The van der Waals surface area contributed by atoms with Crippen LogP contribution in [0.1, 0.15) is 18.6 Å². The van der Waals surface area contributed by atoms with Gasteiger partial charge in [0.2, 0.25) is 0 Å². The highest BCUT2D eigenvalue weighted by molar-refractivity contribution is 6.54. The SMILES string of the molecule is C[B]c1c(OC)cc(C(C)O)cc1OC. The summed E-state index contributed by atoms with van der Waals surface area (Å²) in [5, 5.41) is 9.51. The van der Waals surface area contributed by atoms with Gasteiger partial charge in [0.25, 0.3) is 0 Å². The van der Waals surface area contributed by atoms with Crippen molar-refractivity contribution in [1.29, 1.82) is 0 Å². The molecule has 1 rings (SSSR count). The van der Waals surface area contributed by atoms with Crippen molar-refractivity contribution >= 4 is 12.7 Å². The van der Waals surface area contributed by atoms with Gasteiger partial charge in [0.05, 0.1) is 20.3 Å². The van der Waals surface area contributed by atoms with E-state index < -0.39 is 6.10 Å². The average Bonchev–Trinajstić information content (AvgIpc) is 2.26. The van der Waals surface area contributed by atoms with Crippen molar-refractivity contribution in [3.63, 3.8) is 0 Å². The molecule has 3 nitrogen and oxygen atoms in total. The second-order valence-electron chi connectivity index (χ2n) is 3.30. The van der Waals surface area contributed by atoms with Crippen LogP contribution in [0.2, 0.25) is 6.82 Å². The zero-order chi connectivity index (χ0) is 11.4. The summed E-state index contributed by atoms with van der Waals surface area (Å²) in [6, 6.07) is 3.64. The number of benzene rings is 1.